The largest absolute Gasteiger partial charge is 0.481 e. The highest BCUT2D eigenvalue weighted by atomic mass is 35.5. The molecule has 2 N–H and O–H groups in total. The van der Waals surface area contributed by atoms with Crippen molar-refractivity contribution in [1.29, 1.82) is 0 Å². The lowest BCUT2D eigenvalue weighted by molar-refractivity contribution is -0.123. The summed E-state index contributed by atoms with van der Waals surface area (Å²) in [5.41, 5.74) is 6.20. The summed E-state index contributed by atoms with van der Waals surface area (Å²) in [5.74, 6) is 0.644. The molecular formula is C11H12ClNO2. The Kier molecular flexibility index (Phi) is 2.82. The lowest BCUT2D eigenvalue weighted by Gasteiger charge is -2.13. The SMILES string of the molecule is Nc1ccc(Cl)c(OC2CCCC2=O)c1. The third kappa shape index (κ3) is 2.23. The Labute approximate surface area is 93.2 Å². The van der Waals surface area contributed by atoms with Crippen LogP contribution in [0.5, 0.6) is 5.75 Å². The number of ketones is 1. The van der Waals surface area contributed by atoms with Gasteiger partial charge in [0.2, 0.25) is 0 Å². The van der Waals surface area contributed by atoms with E-state index in [1.54, 1.807) is 18.2 Å². The lowest BCUT2D eigenvalue weighted by Crippen LogP contribution is -2.21. The summed E-state index contributed by atoms with van der Waals surface area (Å²) in [6, 6.07) is 5.02. The highest BCUT2D eigenvalue weighted by Crippen LogP contribution is 2.30. The number of halogens is 1. The van der Waals surface area contributed by atoms with E-state index in [2.05, 4.69) is 0 Å². The second-order valence-electron chi connectivity index (χ2n) is 3.65. The fraction of sp³-hybridized carbons (Fsp3) is 0.364. The molecule has 1 aromatic carbocycles. The molecule has 0 aromatic heterocycles. The lowest BCUT2D eigenvalue weighted by atomic mass is 10.2. The van der Waals surface area contributed by atoms with Crippen LogP contribution in [0.4, 0.5) is 5.69 Å². The molecule has 1 fully saturated rings. The molecule has 80 valence electrons. The molecule has 3 nitrogen and oxygen atoms in total. The molecule has 0 bridgehead atoms. The van der Waals surface area contributed by atoms with Gasteiger partial charge in [-0.2, -0.15) is 0 Å². The van der Waals surface area contributed by atoms with E-state index in [4.69, 9.17) is 22.1 Å². The number of rotatable bonds is 2. The highest BCUT2D eigenvalue weighted by Gasteiger charge is 2.26. The van der Waals surface area contributed by atoms with Crippen molar-refractivity contribution in [2.75, 3.05) is 5.73 Å². The van der Waals surface area contributed by atoms with Crippen molar-refractivity contribution in [1.82, 2.24) is 0 Å². The number of carbonyl (C=O) groups excluding carboxylic acids is 1. The number of anilines is 1. The van der Waals surface area contributed by atoms with Crippen LogP contribution in [0.25, 0.3) is 0 Å². The second-order valence-corrected chi connectivity index (χ2v) is 4.06. The number of hydrogen-bond acceptors (Lipinski definition) is 3. The van der Waals surface area contributed by atoms with Gasteiger partial charge in [-0.25, -0.2) is 0 Å². The number of benzene rings is 1. The smallest absolute Gasteiger partial charge is 0.173 e. The number of carbonyl (C=O) groups is 1. The second kappa shape index (κ2) is 4.11. The average Bonchev–Trinajstić information content (AvgIpc) is 2.58. The van der Waals surface area contributed by atoms with Crippen molar-refractivity contribution in [3.05, 3.63) is 23.2 Å². The molecule has 1 saturated carbocycles. The minimum atomic E-state index is -0.343. The number of hydrogen-bond donors (Lipinski definition) is 1. The zero-order valence-electron chi connectivity index (χ0n) is 8.20. The van der Waals surface area contributed by atoms with Gasteiger partial charge < -0.3 is 10.5 Å². The van der Waals surface area contributed by atoms with E-state index in [0.29, 0.717) is 22.9 Å². The molecule has 4 heteroatoms. The first kappa shape index (κ1) is 10.3. The fourth-order valence-electron chi connectivity index (χ4n) is 1.67. The highest BCUT2D eigenvalue weighted by molar-refractivity contribution is 6.32. The molecule has 0 spiro atoms. The summed E-state index contributed by atoms with van der Waals surface area (Å²) in [6.07, 6.45) is 1.92. The van der Waals surface area contributed by atoms with Gasteiger partial charge in [-0.15, -0.1) is 0 Å². The Balaban J connectivity index is 2.16. The monoisotopic (exact) mass is 225 g/mol. The molecular weight excluding hydrogens is 214 g/mol. The Morgan fingerprint density at radius 3 is 2.93 bits per heavy atom. The predicted molar refractivity (Wildman–Crippen MR) is 59.1 cm³/mol. The van der Waals surface area contributed by atoms with Gasteiger partial charge in [-0.05, 0) is 25.0 Å². The first-order valence-corrected chi connectivity index (χ1v) is 5.29. The van der Waals surface area contributed by atoms with Crippen LogP contribution in [0.3, 0.4) is 0 Å². The maximum Gasteiger partial charge on any atom is 0.173 e. The Hall–Kier alpha value is -1.22. The van der Waals surface area contributed by atoms with Gasteiger partial charge in [-0.3, -0.25) is 4.79 Å². The van der Waals surface area contributed by atoms with Crippen LogP contribution < -0.4 is 10.5 Å². The van der Waals surface area contributed by atoms with E-state index in [9.17, 15) is 4.79 Å². The molecule has 2 rings (SSSR count). The van der Waals surface area contributed by atoms with Crippen LogP contribution in [0.1, 0.15) is 19.3 Å². The molecule has 0 saturated heterocycles. The molecule has 0 amide bonds. The topological polar surface area (TPSA) is 52.3 Å². The van der Waals surface area contributed by atoms with Gasteiger partial charge >= 0.3 is 0 Å². The van der Waals surface area contributed by atoms with E-state index >= 15 is 0 Å². The van der Waals surface area contributed by atoms with Gasteiger partial charge in [0.05, 0.1) is 5.02 Å². The molecule has 1 atom stereocenters. The molecule has 15 heavy (non-hydrogen) atoms. The Bertz CT molecular complexity index is 392. The molecule has 0 radical (unpaired) electrons. The normalized spacial score (nSPS) is 20.6. The van der Waals surface area contributed by atoms with Crippen molar-refractivity contribution in [3.8, 4) is 5.75 Å². The zero-order chi connectivity index (χ0) is 10.8. The van der Waals surface area contributed by atoms with Gasteiger partial charge in [0.25, 0.3) is 0 Å². The third-order valence-corrected chi connectivity index (χ3v) is 2.79. The first-order valence-electron chi connectivity index (χ1n) is 4.91. The summed E-state index contributed by atoms with van der Waals surface area (Å²) >= 11 is 5.93. The standard InChI is InChI=1S/C11H12ClNO2/c12-8-5-4-7(13)6-11(8)15-10-3-1-2-9(10)14/h4-6,10H,1-3,13H2. The zero-order valence-corrected chi connectivity index (χ0v) is 8.96. The molecule has 1 aliphatic rings. The van der Waals surface area contributed by atoms with Crippen molar-refractivity contribution < 1.29 is 9.53 Å². The Morgan fingerprint density at radius 2 is 2.27 bits per heavy atom. The quantitative estimate of drug-likeness (QED) is 0.787. The first-order chi connectivity index (χ1) is 7.16. The van der Waals surface area contributed by atoms with E-state index in [0.717, 1.165) is 12.8 Å². The molecule has 0 aliphatic heterocycles. The summed E-state index contributed by atoms with van der Waals surface area (Å²) < 4.78 is 5.54. The van der Waals surface area contributed by atoms with Gasteiger partial charge in [0.1, 0.15) is 5.75 Å². The minimum Gasteiger partial charge on any atom is -0.481 e. The summed E-state index contributed by atoms with van der Waals surface area (Å²) in [5, 5.41) is 0.490. The number of ether oxygens (including phenoxy) is 1. The van der Waals surface area contributed by atoms with Gasteiger partial charge in [0.15, 0.2) is 11.9 Å². The summed E-state index contributed by atoms with van der Waals surface area (Å²) in [7, 11) is 0. The van der Waals surface area contributed by atoms with Crippen LogP contribution in [0.15, 0.2) is 18.2 Å². The van der Waals surface area contributed by atoms with Crippen LogP contribution in [0, 0.1) is 0 Å². The fourth-order valence-corrected chi connectivity index (χ4v) is 1.83. The summed E-state index contributed by atoms with van der Waals surface area (Å²) in [6.45, 7) is 0. The number of nitrogen functional groups attached to an aromatic ring is 1. The predicted octanol–water partition coefficient (Wildman–Crippen LogP) is 2.42. The molecule has 1 unspecified atom stereocenters. The maximum atomic E-state index is 11.4. The van der Waals surface area contributed by atoms with Gasteiger partial charge in [0, 0.05) is 18.2 Å². The molecule has 1 aromatic rings. The van der Waals surface area contributed by atoms with E-state index in [-0.39, 0.29) is 11.9 Å². The van der Waals surface area contributed by atoms with Crippen LogP contribution in [-0.2, 0) is 4.79 Å². The van der Waals surface area contributed by atoms with Crippen molar-refractivity contribution in [2.45, 2.75) is 25.4 Å². The summed E-state index contributed by atoms with van der Waals surface area (Å²) in [4.78, 5) is 11.4. The van der Waals surface area contributed by atoms with Crippen LogP contribution in [0.2, 0.25) is 5.02 Å². The van der Waals surface area contributed by atoms with Crippen molar-refractivity contribution in [2.24, 2.45) is 0 Å². The van der Waals surface area contributed by atoms with E-state index in [1.165, 1.54) is 0 Å². The molecule has 1 aliphatic carbocycles. The number of Topliss-reactive ketones (excluding diaryl/α,β-unsaturated/α-hetero) is 1. The van der Waals surface area contributed by atoms with Crippen LogP contribution >= 0.6 is 11.6 Å². The van der Waals surface area contributed by atoms with E-state index < -0.39 is 0 Å². The van der Waals surface area contributed by atoms with Crippen molar-refractivity contribution >= 4 is 23.1 Å². The average molecular weight is 226 g/mol. The van der Waals surface area contributed by atoms with E-state index in [1.807, 2.05) is 0 Å². The minimum absolute atomic E-state index is 0.147. The van der Waals surface area contributed by atoms with Crippen molar-refractivity contribution in [3.63, 3.8) is 0 Å². The van der Waals surface area contributed by atoms with Gasteiger partial charge in [-0.1, -0.05) is 11.6 Å². The Morgan fingerprint density at radius 1 is 1.47 bits per heavy atom. The third-order valence-electron chi connectivity index (χ3n) is 2.47. The van der Waals surface area contributed by atoms with Crippen LogP contribution in [-0.4, -0.2) is 11.9 Å². The maximum absolute atomic E-state index is 11.4. The molecule has 0 heterocycles. The number of nitrogens with two attached hydrogens (primary N) is 1.